The summed E-state index contributed by atoms with van der Waals surface area (Å²) in [7, 11) is 0. The molecule has 0 aromatic heterocycles. The van der Waals surface area contributed by atoms with Gasteiger partial charge in [0.15, 0.2) is 5.96 Å². The smallest absolute Gasteiger partial charge is 0.326 e. The molecule has 1 aromatic carbocycles. The highest BCUT2D eigenvalue weighted by Gasteiger charge is 2.30. The number of amides is 3. The maximum atomic E-state index is 13.5. The van der Waals surface area contributed by atoms with Gasteiger partial charge in [0.2, 0.25) is 17.7 Å². The van der Waals surface area contributed by atoms with Gasteiger partial charge in [0.1, 0.15) is 23.9 Å². The minimum absolute atomic E-state index is 0.0368. The maximum Gasteiger partial charge on any atom is 0.326 e. The zero-order valence-electron chi connectivity index (χ0n) is 23.8. The Morgan fingerprint density at radius 3 is 1.98 bits per heavy atom. The van der Waals surface area contributed by atoms with Crippen LogP contribution in [0.1, 0.15) is 57.9 Å². The highest BCUT2D eigenvalue weighted by atomic mass is 16.4. The zero-order valence-corrected chi connectivity index (χ0v) is 23.8. The third-order valence-corrected chi connectivity index (χ3v) is 6.21. The Balaban J connectivity index is 3.17. The van der Waals surface area contributed by atoms with Crippen LogP contribution in [0.15, 0.2) is 29.3 Å². The average molecular weight is 579 g/mol. The molecular formula is C27H46N8O6. The second-order valence-corrected chi connectivity index (χ2v) is 10.4. The fourth-order valence-electron chi connectivity index (χ4n) is 4.04. The quantitative estimate of drug-likeness (QED) is 0.0551. The minimum atomic E-state index is -1.21. The van der Waals surface area contributed by atoms with Gasteiger partial charge in [-0.1, -0.05) is 26.0 Å². The molecule has 1 aromatic rings. The molecule has 0 fully saturated rings. The number of guanidine groups is 1. The third-order valence-electron chi connectivity index (χ3n) is 6.21. The molecule has 230 valence electrons. The third kappa shape index (κ3) is 14.3. The number of aliphatic imine (C=N–C) groups is 1. The molecule has 14 heteroatoms. The van der Waals surface area contributed by atoms with Gasteiger partial charge in [-0.3, -0.25) is 19.4 Å². The van der Waals surface area contributed by atoms with Crippen molar-refractivity contribution in [3.8, 4) is 5.75 Å². The Bertz CT molecular complexity index is 1010. The lowest BCUT2D eigenvalue weighted by atomic mass is 10.0. The van der Waals surface area contributed by atoms with Crippen molar-refractivity contribution in [1.29, 1.82) is 0 Å². The lowest BCUT2D eigenvalue weighted by molar-refractivity contribution is -0.142. The second kappa shape index (κ2) is 18.4. The molecule has 41 heavy (non-hydrogen) atoms. The average Bonchev–Trinajstić information content (AvgIpc) is 2.89. The van der Waals surface area contributed by atoms with E-state index in [1.165, 1.54) is 12.1 Å². The van der Waals surface area contributed by atoms with Crippen LogP contribution in [-0.4, -0.2) is 77.1 Å². The zero-order chi connectivity index (χ0) is 30.9. The van der Waals surface area contributed by atoms with E-state index in [1.807, 2.05) is 13.8 Å². The van der Waals surface area contributed by atoms with Crippen molar-refractivity contribution in [2.24, 2.45) is 33.8 Å². The molecule has 0 spiro atoms. The monoisotopic (exact) mass is 578 g/mol. The van der Waals surface area contributed by atoms with Crippen molar-refractivity contribution in [2.75, 3.05) is 13.1 Å². The number of rotatable bonds is 19. The summed E-state index contributed by atoms with van der Waals surface area (Å²) in [5, 5.41) is 27.0. The molecule has 0 aliphatic carbocycles. The first-order chi connectivity index (χ1) is 19.3. The van der Waals surface area contributed by atoms with Crippen LogP contribution in [0.5, 0.6) is 5.75 Å². The molecule has 0 saturated heterocycles. The molecule has 0 saturated carbocycles. The van der Waals surface area contributed by atoms with Crippen molar-refractivity contribution in [3.05, 3.63) is 29.8 Å². The Morgan fingerprint density at radius 1 is 0.854 bits per heavy atom. The summed E-state index contributed by atoms with van der Waals surface area (Å²) in [5.41, 5.74) is 22.9. The number of benzene rings is 1. The van der Waals surface area contributed by atoms with E-state index in [1.54, 1.807) is 12.1 Å². The number of unbranched alkanes of at least 4 members (excludes halogenated alkanes) is 1. The Morgan fingerprint density at radius 2 is 1.41 bits per heavy atom. The second-order valence-electron chi connectivity index (χ2n) is 10.4. The van der Waals surface area contributed by atoms with E-state index in [0.29, 0.717) is 37.8 Å². The number of carboxylic acids is 1. The highest BCUT2D eigenvalue weighted by molar-refractivity contribution is 5.94. The fraction of sp³-hybridized carbons (Fsp3) is 0.593. The summed E-state index contributed by atoms with van der Waals surface area (Å²) in [4.78, 5) is 55.1. The van der Waals surface area contributed by atoms with Crippen LogP contribution in [-0.2, 0) is 25.6 Å². The van der Waals surface area contributed by atoms with Crippen LogP contribution in [0, 0.1) is 5.92 Å². The van der Waals surface area contributed by atoms with Crippen molar-refractivity contribution >= 4 is 29.7 Å². The Hall–Kier alpha value is -3.91. The molecule has 0 aliphatic rings. The molecule has 13 N–H and O–H groups in total. The van der Waals surface area contributed by atoms with E-state index in [-0.39, 0.29) is 43.4 Å². The van der Waals surface area contributed by atoms with Gasteiger partial charge in [0.05, 0.1) is 6.04 Å². The predicted octanol–water partition coefficient (Wildman–Crippen LogP) is -0.970. The molecular weight excluding hydrogens is 532 g/mol. The maximum absolute atomic E-state index is 13.5. The number of nitrogens with two attached hydrogens (primary N) is 4. The number of nitrogens with zero attached hydrogens (tertiary/aromatic N) is 1. The number of carbonyl (C=O) groups excluding carboxylic acids is 3. The van der Waals surface area contributed by atoms with Gasteiger partial charge in [0.25, 0.3) is 0 Å². The van der Waals surface area contributed by atoms with Gasteiger partial charge in [-0.2, -0.15) is 0 Å². The van der Waals surface area contributed by atoms with Crippen molar-refractivity contribution in [3.63, 3.8) is 0 Å². The molecule has 3 amide bonds. The SMILES string of the molecule is CC(C)CC(N)C(=O)NC(Cc1ccc(O)cc1)C(=O)NC(CCCN=C(N)N)C(=O)NC(CCCCN)C(=O)O. The fourth-order valence-corrected chi connectivity index (χ4v) is 4.04. The summed E-state index contributed by atoms with van der Waals surface area (Å²) >= 11 is 0. The Kier molecular flexibility index (Phi) is 15.8. The van der Waals surface area contributed by atoms with E-state index in [4.69, 9.17) is 22.9 Å². The van der Waals surface area contributed by atoms with Gasteiger partial charge in [-0.25, -0.2) is 4.79 Å². The first-order valence-electron chi connectivity index (χ1n) is 13.8. The molecule has 0 radical (unpaired) electrons. The number of phenolic OH excluding ortho intramolecular Hbond substituents is 1. The molecule has 0 aliphatic heterocycles. The van der Waals surface area contributed by atoms with Gasteiger partial charge in [-0.05, 0) is 68.7 Å². The predicted molar refractivity (Wildman–Crippen MR) is 155 cm³/mol. The number of phenols is 1. The van der Waals surface area contributed by atoms with Gasteiger partial charge in [0, 0.05) is 13.0 Å². The van der Waals surface area contributed by atoms with E-state index in [2.05, 4.69) is 20.9 Å². The van der Waals surface area contributed by atoms with Crippen LogP contribution >= 0.6 is 0 Å². The van der Waals surface area contributed by atoms with Crippen molar-refractivity contribution in [1.82, 2.24) is 16.0 Å². The summed E-state index contributed by atoms with van der Waals surface area (Å²) in [6, 6.07) is 1.83. The van der Waals surface area contributed by atoms with Crippen LogP contribution in [0.3, 0.4) is 0 Å². The number of nitrogens with one attached hydrogen (secondary N) is 3. The summed E-state index contributed by atoms with van der Waals surface area (Å²) in [6.07, 6.45) is 2.09. The van der Waals surface area contributed by atoms with Gasteiger partial charge in [-0.15, -0.1) is 0 Å². The van der Waals surface area contributed by atoms with E-state index < -0.39 is 47.9 Å². The number of aromatic hydroxyl groups is 1. The molecule has 0 bridgehead atoms. The van der Waals surface area contributed by atoms with Gasteiger partial charge < -0.3 is 49.1 Å². The van der Waals surface area contributed by atoms with Crippen LogP contribution in [0.4, 0.5) is 0 Å². The normalized spacial score (nSPS) is 13.9. The topological polar surface area (TPSA) is 261 Å². The number of carboxylic acid groups (broad SMARTS) is 1. The molecule has 0 heterocycles. The summed E-state index contributed by atoms with van der Waals surface area (Å²) in [6.45, 7) is 4.40. The standard InChI is InChI=1S/C27H46N8O6/c1-16(2)14-19(29)23(37)35-22(15-17-8-10-18(36)11-9-17)25(39)33-20(7-5-13-32-27(30)31)24(38)34-21(26(40)41)6-3-4-12-28/h8-11,16,19-22,36H,3-7,12-15,28-29H2,1-2H3,(H,33,39)(H,34,38)(H,35,37)(H,40,41)(H4,30,31,32). The molecule has 4 atom stereocenters. The minimum Gasteiger partial charge on any atom is -0.508 e. The van der Waals surface area contributed by atoms with Crippen molar-refractivity contribution < 1.29 is 29.4 Å². The van der Waals surface area contributed by atoms with E-state index in [0.717, 1.165) is 0 Å². The van der Waals surface area contributed by atoms with Crippen LogP contribution in [0.25, 0.3) is 0 Å². The first kappa shape index (κ1) is 35.1. The van der Waals surface area contributed by atoms with Crippen molar-refractivity contribution in [2.45, 2.75) is 83.0 Å². The van der Waals surface area contributed by atoms with E-state index in [9.17, 15) is 29.4 Å². The molecule has 1 rings (SSSR count). The number of hydrogen-bond acceptors (Lipinski definition) is 8. The lowest BCUT2D eigenvalue weighted by Crippen LogP contribution is -2.57. The first-order valence-corrected chi connectivity index (χ1v) is 13.8. The van der Waals surface area contributed by atoms with E-state index >= 15 is 0 Å². The van der Waals surface area contributed by atoms with Crippen LogP contribution in [0.2, 0.25) is 0 Å². The summed E-state index contributed by atoms with van der Waals surface area (Å²) < 4.78 is 0. The Labute approximate surface area is 240 Å². The molecule has 14 nitrogen and oxygen atoms in total. The molecule has 4 unspecified atom stereocenters. The number of hydrogen-bond donors (Lipinski definition) is 9. The van der Waals surface area contributed by atoms with Crippen LogP contribution < -0.4 is 38.9 Å². The largest absolute Gasteiger partial charge is 0.508 e. The van der Waals surface area contributed by atoms with Gasteiger partial charge >= 0.3 is 5.97 Å². The number of aliphatic carboxylic acids is 1. The summed E-state index contributed by atoms with van der Waals surface area (Å²) in [5.74, 6) is -3.06. The highest BCUT2D eigenvalue weighted by Crippen LogP contribution is 2.13. The number of carbonyl (C=O) groups is 4. The lowest BCUT2D eigenvalue weighted by Gasteiger charge is -2.25.